The van der Waals surface area contributed by atoms with Crippen LogP contribution in [0.1, 0.15) is 63.9 Å². The first-order valence-electron chi connectivity index (χ1n) is 8.83. The number of hydrogen-bond acceptors (Lipinski definition) is 0. The summed E-state index contributed by atoms with van der Waals surface area (Å²) in [6, 6.07) is 2.90. The Morgan fingerprint density at radius 3 is 2.04 bits per heavy atom. The fourth-order valence-corrected chi connectivity index (χ4v) is 3.91. The van der Waals surface area contributed by atoms with Gasteiger partial charge in [-0.15, -0.1) is 0 Å². The van der Waals surface area contributed by atoms with Gasteiger partial charge in [0.25, 0.3) is 0 Å². The van der Waals surface area contributed by atoms with Crippen molar-refractivity contribution in [3.05, 3.63) is 29.8 Å². The Kier molecular flexibility index (Phi) is 5.49. The Hall–Kier alpha value is -1.22. The largest absolute Gasteiger partial charge is 0.310 e. The highest BCUT2D eigenvalue weighted by Crippen LogP contribution is 3.02. The van der Waals surface area contributed by atoms with E-state index < -0.39 is 15.1 Å². The maximum absolute atomic E-state index is 12.7. The van der Waals surface area contributed by atoms with Crippen molar-refractivity contribution >= 4 is 10.2 Å². The molecule has 1 aliphatic carbocycles. The van der Waals surface area contributed by atoms with Gasteiger partial charge in [-0.2, -0.15) is 0 Å². The number of rotatable bonds is 5. The van der Waals surface area contributed by atoms with Crippen molar-refractivity contribution in [1.82, 2.24) is 0 Å². The lowest BCUT2D eigenvalue weighted by atomic mass is 9.80. The van der Waals surface area contributed by atoms with Gasteiger partial charge in [0.05, 0.1) is 0 Å². The molecule has 0 atom stereocenters. The van der Waals surface area contributed by atoms with E-state index in [4.69, 9.17) is 0 Å². The second kappa shape index (κ2) is 6.83. The molecule has 142 valence electrons. The van der Waals surface area contributed by atoms with E-state index in [0.29, 0.717) is 17.7 Å². The summed E-state index contributed by atoms with van der Waals surface area (Å²) in [5.41, 5.74) is 0.343. The fraction of sp³-hybridized carbons (Fsp3) is 0.579. The maximum Gasteiger partial charge on any atom is 0.310 e. The van der Waals surface area contributed by atoms with E-state index in [1.807, 2.05) is 0 Å². The number of halogens is 5. The highest BCUT2D eigenvalue weighted by molar-refractivity contribution is 8.45. The van der Waals surface area contributed by atoms with E-state index in [2.05, 4.69) is 18.8 Å². The number of unbranched alkanes of at least 4 members (excludes halogenated alkanes) is 2. The summed E-state index contributed by atoms with van der Waals surface area (Å²) in [5.74, 6) is 6.94. The van der Waals surface area contributed by atoms with Crippen LogP contribution in [0.15, 0.2) is 29.2 Å². The van der Waals surface area contributed by atoms with Crippen LogP contribution in [0.5, 0.6) is 0 Å². The van der Waals surface area contributed by atoms with Crippen LogP contribution in [0.25, 0.3) is 0 Å². The summed E-state index contributed by atoms with van der Waals surface area (Å²) >= 11 is 0. The SMILES string of the molecule is CCCCCC1CCC(C#Cc2ccc(S(F)(F)(F)(F)F)cc2)CC1. The van der Waals surface area contributed by atoms with E-state index in [-0.39, 0.29) is 5.92 Å². The first-order valence-corrected chi connectivity index (χ1v) is 10.8. The summed E-state index contributed by atoms with van der Waals surface area (Å²) in [6.07, 6.45) is 9.34. The molecule has 0 bridgehead atoms. The van der Waals surface area contributed by atoms with Gasteiger partial charge in [-0.05, 0) is 55.9 Å². The highest BCUT2D eigenvalue weighted by atomic mass is 32.5. The monoisotopic (exact) mass is 380 g/mol. The fourth-order valence-electron chi connectivity index (χ4n) is 3.26. The van der Waals surface area contributed by atoms with Crippen LogP contribution >= 0.6 is 10.2 Å². The smallest absolute Gasteiger partial charge is 0.0945 e. The first-order chi connectivity index (χ1) is 11.5. The molecule has 0 nitrogen and oxygen atoms in total. The summed E-state index contributed by atoms with van der Waals surface area (Å²) in [4.78, 5) is -1.86. The van der Waals surface area contributed by atoms with Gasteiger partial charge in [0.2, 0.25) is 0 Å². The minimum Gasteiger partial charge on any atom is -0.0945 e. The summed E-state index contributed by atoms with van der Waals surface area (Å²) in [5, 5.41) is 0. The second-order valence-electron chi connectivity index (χ2n) is 6.98. The van der Waals surface area contributed by atoms with Gasteiger partial charge < -0.3 is 0 Å². The normalized spacial score (nSPS) is 23.9. The van der Waals surface area contributed by atoms with E-state index in [1.165, 1.54) is 25.7 Å². The van der Waals surface area contributed by atoms with Crippen LogP contribution in [-0.4, -0.2) is 0 Å². The van der Waals surface area contributed by atoms with Crippen LogP contribution in [0, 0.1) is 23.7 Å². The molecule has 0 heterocycles. The van der Waals surface area contributed by atoms with Crippen molar-refractivity contribution in [1.29, 1.82) is 0 Å². The van der Waals surface area contributed by atoms with Gasteiger partial charge in [0.15, 0.2) is 0 Å². The summed E-state index contributed by atoms with van der Waals surface area (Å²) < 4.78 is 63.3. The van der Waals surface area contributed by atoms with Gasteiger partial charge in [-0.3, -0.25) is 0 Å². The predicted octanol–water partition coefficient (Wildman–Crippen LogP) is 8.08. The minimum absolute atomic E-state index is 0.248. The van der Waals surface area contributed by atoms with Gasteiger partial charge in [0, 0.05) is 11.5 Å². The Labute approximate surface area is 146 Å². The first kappa shape index (κ1) is 20.1. The number of hydrogen-bond donors (Lipinski definition) is 0. The highest BCUT2D eigenvalue weighted by Gasteiger charge is 2.65. The van der Waals surface area contributed by atoms with Crippen molar-refractivity contribution in [3.8, 4) is 11.8 Å². The molecule has 25 heavy (non-hydrogen) atoms. The van der Waals surface area contributed by atoms with Crippen molar-refractivity contribution in [2.24, 2.45) is 11.8 Å². The molecule has 1 aliphatic rings. The van der Waals surface area contributed by atoms with Crippen molar-refractivity contribution in [3.63, 3.8) is 0 Å². The Morgan fingerprint density at radius 1 is 0.920 bits per heavy atom. The van der Waals surface area contributed by atoms with Gasteiger partial charge in [-0.1, -0.05) is 63.9 Å². The van der Waals surface area contributed by atoms with Crippen LogP contribution in [-0.2, 0) is 0 Å². The molecule has 0 aromatic heterocycles. The molecule has 6 heteroatoms. The molecule has 1 aromatic rings. The molecule has 1 aromatic carbocycles. The van der Waals surface area contributed by atoms with Crippen LogP contribution in [0.4, 0.5) is 19.4 Å². The van der Waals surface area contributed by atoms with E-state index >= 15 is 0 Å². The van der Waals surface area contributed by atoms with E-state index in [0.717, 1.165) is 43.7 Å². The molecule has 0 amide bonds. The zero-order chi connectivity index (χ0) is 18.6. The Morgan fingerprint density at radius 2 is 1.52 bits per heavy atom. The van der Waals surface area contributed by atoms with Crippen LogP contribution in [0.2, 0.25) is 0 Å². The van der Waals surface area contributed by atoms with Crippen molar-refractivity contribution in [2.45, 2.75) is 63.2 Å². The predicted molar refractivity (Wildman–Crippen MR) is 94.3 cm³/mol. The third-order valence-electron chi connectivity index (χ3n) is 4.78. The van der Waals surface area contributed by atoms with Crippen molar-refractivity contribution < 1.29 is 19.4 Å². The van der Waals surface area contributed by atoms with Gasteiger partial charge in [0.1, 0.15) is 4.90 Å². The third kappa shape index (κ3) is 6.54. The second-order valence-corrected chi connectivity index (χ2v) is 9.39. The minimum atomic E-state index is -9.59. The molecule has 1 saturated carbocycles. The maximum atomic E-state index is 12.7. The number of benzene rings is 1. The molecule has 0 unspecified atom stereocenters. The van der Waals surface area contributed by atoms with Crippen molar-refractivity contribution in [2.75, 3.05) is 0 Å². The Balaban J connectivity index is 1.91. The average molecular weight is 380 g/mol. The molecular weight excluding hydrogens is 355 g/mol. The lowest BCUT2D eigenvalue weighted by Crippen LogP contribution is -2.13. The van der Waals surface area contributed by atoms with Gasteiger partial charge >= 0.3 is 10.2 Å². The zero-order valence-electron chi connectivity index (χ0n) is 14.4. The molecule has 0 saturated heterocycles. The van der Waals surface area contributed by atoms with E-state index in [9.17, 15) is 19.4 Å². The summed E-state index contributed by atoms with van der Waals surface area (Å²) in [6.45, 7) is 2.19. The average Bonchev–Trinajstić information content (AvgIpc) is 2.53. The third-order valence-corrected chi connectivity index (χ3v) is 5.95. The molecular formula is C19H25F5S. The van der Waals surface area contributed by atoms with Crippen LogP contribution < -0.4 is 0 Å². The molecule has 0 aliphatic heterocycles. The standard InChI is InChI=1S/C19H25F5S/c1-2-3-4-5-16-6-8-17(9-7-16)10-11-18-12-14-19(15-13-18)25(20,21,22,23)24/h12-17H,2-9H2,1H3. The molecule has 0 spiro atoms. The molecule has 1 fully saturated rings. The molecule has 0 radical (unpaired) electrons. The molecule has 2 rings (SSSR count). The Bertz CT molecular complexity index is 628. The van der Waals surface area contributed by atoms with Crippen LogP contribution in [0.3, 0.4) is 0 Å². The zero-order valence-corrected chi connectivity index (χ0v) is 15.2. The topological polar surface area (TPSA) is 0 Å². The molecule has 0 N–H and O–H groups in total. The summed E-state index contributed by atoms with van der Waals surface area (Å²) in [7, 11) is -9.59. The lowest BCUT2D eigenvalue weighted by molar-refractivity contribution is 0.294. The van der Waals surface area contributed by atoms with E-state index in [1.54, 1.807) is 0 Å². The van der Waals surface area contributed by atoms with Gasteiger partial charge in [-0.25, -0.2) is 0 Å². The quantitative estimate of drug-likeness (QED) is 0.275. The lowest BCUT2D eigenvalue weighted by Gasteiger charge is -2.40.